The number of nitrogens with zero attached hydrogens (tertiary/aromatic N) is 4. The van der Waals surface area contributed by atoms with Gasteiger partial charge < -0.3 is 9.99 Å². The molecule has 0 bridgehead atoms. The number of nitrogens with one attached hydrogen (secondary N) is 1. The van der Waals surface area contributed by atoms with Gasteiger partial charge in [-0.25, -0.2) is 0 Å². The van der Waals surface area contributed by atoms with Gasteiger partial charge >= 0.3 is 7.44 Å². The first-order valence-corrected chi connectivity index (χ1v) is 12.9. The normalized spacial score (nSPS) is 22.4. The van der Waals surface area contributed by atoms with Crippen molar-refractivity contribution in [2.75, 3.05) is 21.8 Å². The number of hydrogen-bond donors (Lipinski definition) is 1. The van der Waals surface area contributed by atoms with Gasteiger partial charge in [0, 0.05) is 41.7 Å². The number of para-hydroxylation sites is 2. The Morgan fingerprint density at radius 2 is 1.71 bits per heavy atom. The van der Waals surface area contributed by atoms with Crippen LogP contribution >= 0.6 is 7.44 Å². The number of nitro groups is 1. The van der Waals surface area contributed by atoms with Crippen LogP contribution in [0.4, 0.5) is 22.7 Å². The minimum atomic E-state index is -3.57. The summed E-state index contributed by atoms with van der Waals surface area (Å²) in [5, 5.41) is 19.7. The first-order valence-electron chi connectivity index (χ1n) is 11.3. The fraction of sp³-hybridized carbons (Fsp3) is 0.192. The molecule has 9 heteroatoms. The molecule has 0 radical (unpaired) electrons. The van der Waals surface area contributed by atoms with Gasteiger partial charge in [0.05, 0.1) is 22.1 Å². The Balaban J connectivity index is 1.70. The summed E-state index contributed by atoms with van der Waals surface area (Å²) in [6, 6.07) is 22.0. The zero-order valence-corrected chi connectivity index (χ0v) is 20.9. The largest absolute Gasteiger partial charge is 0.346 e. The molecule has 0 aliphatic carbocycles. The highest BCUT2D eigenvalue weighted by molar-refractivity contribution is 7.72. The number of anilines is 3. The van der Waals surface area contributed by atoms with E-state index in [0.717, 1.165) is 16.9 Å². The van der Waals surface area contributed by atoms with E-state index in [4.69, 9.17) is 0 Å². The highest BCUT2D eigenvalue weighted by Crippen LogP contribution is 2.65. The van der Waals surface area contributed by atoms with E-state index < -0.39 is 17.8 Å². The molecule has 178 valence electrons. The van der Waals surface area contributed by atoms with Gasteiger partial charge in [0.1, 0.15) is 0 Å². The molecule has 3 aromatic rings. The van der Waals surface area contributed by atoms with Crippen LogP contribution < -0.4 is 14.8 Å². The summed E-state index contributed by atoms with van der Waals surface area (Å²) >= 11 is 0. The molecule has 8 nitrogen and oxygen atoms in total. The van der Waals surface area contributed by atoms with Crippen molar-refractivity contribution in [1.29, 1.82) is 0 Å². The molecule has 35 heavy (non-hydrogen) atoms. The maximum atomic E-state index is 15.1. The van der Waals surface area contributed by atoms with Crippen LogP contribution in [0.25, 0.3) is 0 Å². The lowest BCUT2D eigenvalue weighted by molar-refractivity contribution is -0.384. The number of fused-ring (bicyclic) bond motifs is 1. The second-order valence-electron chi connectivity index (χ2n) is 9.25. The fourth-order valence-electron chi connectivity index (χ4n) is 4.97. The number of hydrogen-bond acceptors (Lipinski definition) is 5. The zero-order valence-electron chi connectivity index (χ0n) is 20.0. The molecule has 0 spiro atoms. The summed E-state index contributed by atoms with van der Waals surface area (Å²) in [7, 11) is -1.58. The smallest absolute Gasteiger partial charge is 0.313 e. The van der Waals surface area contributed by atoms with Crippen LogP contribution in [-0.2, 0) is 9.98 Å². The zero-order chi connectivity index (χ0) is 25.0. The fourth-order valence-corrected chi connectivity index (χ4v) is 7.55. The first-order chi connectivity index (χ1) is 16.6. The molecule has 1 unspecified atom stereocenters. The molecule has 0 fully saturated rings. The standard InChI is InChI=1S/C26H26N5O3P/c1-18-16-20(31(32)33)14-15-22(18)28-35(34)24(17-27-30(35)19-10-6-5-7-11-19)25-26(2,3)21-12-8-9-13-23(21)29(25)4/h5-17H,1-4H3,(H,28,34)/b25-24-. The summed E-state index contributed by atoms with van der Waals surface area (Å²) in [5.41, 5.74) is 4.54. The maximum absolute atomic E-state index is 15.1. The van der Waals surface area contributed by atoms with E-state index in [9.17, 15) is 10.1 Å². The molecule has 0 saturated heterocycles. The molecular formula is C26H26N5O3P. The highest BCUT2D eigenvalue weighted by Gasteiger charge is 2.48. The number of likely N-dealkylation sites (N-methyl/N-ethyl adjacent to an activating group) is 1. The number of benzene rings is 3. The van der Waals surface area contributed by atoms with Crippen LogP contribution in [0.1, 0.15) is 25.0 Å². The van der Waals surface area contributed by atoms with Crippen molar-refractivity contribution in [3.8, 4) is 0 Å². The molecule has 3 aromatic carbocycles. The van der Waals surface area contributed by atoms with Crippen molar-refractivity contribution in [3.05, 3.63) is 105 Å². The summed E-state index contributed by atoms with van der Waals surface area (Å²) in [5.74, 6) is 0. The van der Waals surface area contributed by atoms with Crippen LogP contribution in [0, 0.1) is 17.0 Å². The number of rotatable bonds is 4. The van der Waals surface area contributed by atoms with Gasteiger partial charge in [0.15, 0.2) is 0 Å². The molecule has 1 atom stereocenters. The molecule has 2 aliphatic heterocycles. The van der Waals surface area contributed by atoms with Crippen molar-refractivity contribution < 1.29 is 9.49 Å². The Morgan fingerprint density at radius 3 is 2.37 bits per heavy atom. The monoisotopic (exact) mass is 487 g/mol. The van der Waals surface area contributed by atoms with E-state index in [1.807, 2.05) is 49.5 Å². The third-order valence-corrected chi connectivity index (χ3v) is 9.06. The van der Waals surface area contributed by atoms with Gasteiger partial charge in [0.2, 0.25) is 0 Å². The lowest BCUT2D eigenvalue weighted by atomic mass is 9.84. The van der Waals surface area contributed by atoms with E-state index in [-0.39, 0.29) is 5.69 Å². The summed E-state index contributed by atoms with van der Waals surface area (Å²) < 4.78 is 16.6. The van der Waals surface area contributed by atoms with Crippen molar-refractivity contribution >= 4 is 36.4 Å². The summed E-state index contributed by atoms with van der Waals surface area (Å²) in [6.07, 6.45) is 1.68. The van der Waals surface area contributed by atoms with Crippen LogP contribution in [-0.4, -0.2) is 18.2 Å². The van der Waals surface area contributed by atoms with E-state index in [1.165, 1.54) is 12.1 Å². The summed E-state index contributed by atoms with van der Waals surface area (Å²) in [6.45, 7) is 6.01. The van der Waals surface area contributed by atoms with Crippen LogP contribution in [0.5, 0.6) is 0 Å². The van der Waals surface area contributed by atoms with Gasteiger partial charge in [0.25, 0.3) is 5.69 Å². The Morgan fingerprint density at radius 1 is 1.03 bits per heavy atom. The Bertz CT molecular complexity index is 1450. The number of allylic oxidation sites excluding steroid dienone is 2. The predicted molar refractivity (Wildman–Crippen MR) is 141 cm³/mol. The minimum Gasteiger partial charge on any atom is -0.346 e. The van der Waals surface area contributed by atoms with Gasteiger partial charge in [-0.15, -0.1) is 0 Å². The number of hydrazone groups is 1. The molecule has 5 rings (SSSR count). The molecule has 0 saturated carbocycles. The quantitative estimate of drug-likeness (QED) is 0.252. The topological polar surface area (TPSA) is 91.1 Å². The minimum absolute atomic E-state index is 0.0143. The van der Waals surface area contributed by atoms with Gasteiger partial charge in [-0.2, -0.15) is 9.88 Å². The SMILES string of the molecule is Cc1cc([N+](=O)[O-])ccc1NP1(=O)/C(=C2\N(C)c3ccccc3C2(C)C)C=NN1c1ccccc1. The average Bonchev–Trinajstić information content (AvgIpc) is 3.26. The van der Waals surface area contributed by atoms with Crippen LogP contribution in [0.2, 0.25) is 0 Å². The summed E-state index contributed by atoms with van der Waals surface area (Å²) in [4.78, 5) is 12.9. The second kappa shape index (κ2) is 8.10. The lowest BCUT2D eigenvalue weighted by Gasteiger charge is -2.31. The molecule has 1 N–H and O–H groups in total. The lowest BCUT2D eigenvalue weighted by Crippen LogP contribution is -2.27. The number of non-ortho nitro benzene ring substituents is 1. The third kappa shape index (κ3) is 3.53. The van der Waals surface area contributed by atoms with Crippen molar-refractivity contribution in [2.45, 2.75) is 26.2 Å². The third-order valence-electron chi connectivity index (χ3n) is 6.67. The van der Waals surface area contributed by atoms with Gasteiger partial charge in [-0.05, 0) is 42.3 Å². The Labute approximate surface area is 204 Å². The second-order valence-corrected chi connectivity index (χ2v) is 11.5. The first kappa shape index (κ1) is 22.9. The molecule has 0 aromatic heterocycles. The Hall–Kier alpha value is -3.90. The maximum Gasteiger partial charge on any atom is 0.313 e. The molecular weight excluding hydrogens is 461 g/mol. The average molecular weight is 488 g/mol. The number of nitro benzene ring substituents is 1. The number of aryl methyl sites for hydroxylation is 1. The van der Waals surface area contributed by atoms with Gasteiger partial charge in [-0.3, -0.25) is 14.7 Å². The highest BCUT2D eigenvalue weighted by atomic mass is 31.2. The molecule has 0 amide bonds. The van der Waals surface area contributed by atoms with E-state index in [1.54, 1.807) is 24.0 Å². The van der Waals surface area contributed by atoms with E-state index >= 15 is 4.57 Å². The van der Waals surface area contributed by atoms with Crippen LogP contribution in [0.15, 0.2) is 88.9 Å². The Kier molecular flexibility index (Phi) is 5.29. The predicted octanol–water partition coefficient (Wildman–Crippen LogP) is 6.65. The van der Waals surface area contributed by atoms with Crippen molar-refractivity contribution in [3.63, 3.8) is 0 Å². The molecule has 2 aliphatic rings. The van der Waals surface area contributed by atoms with Crippen LogP contribution in [0.3, 0.4) is 0 Å². The van der Waals surface area contributed by atoms with Gasteiger partial charge in [-0.1, -0.05) is 50.2 Å². The van der Waals surface area contributed by atoms with E-state index in [2.05, 4.69) is 41.1 Å². The van der Waals surface area contributed by atoms with Crippen molar-refractivity contribution in [2.24, 2.45) is 5.10 Å². The van der Waals surface area contributed by atoms with Crippen molar-refractivity contribution in [1.82, 2.24) is 0 Å². The molecule has 2 heterocycles. The van der Waals surface area contributed by atoms with E-state index in [0.29, 0.717) is 22.3 Å².